The van der Waals surface area contributed by atoms with Gasteiger partial charge in [-0.25, -0.2) is 0 Å². The molecule has 1 aliphatic heterocycles. The molecule has 4 heterocycles. The van der Waals surface area contributed by atoms with Crippen molar-refractivity contribution in [2.24, 2.45) is 0 Å². The molecule has 1 aliphatic rings. The molecule has 0 fully saturated rings. The van der Waals surface area contributed by atoms with Crippen molar-refractivity contribution in [3.8, 4) is 0 Å². The number of para-hydroxylation sites is 2. The molecule has 2 aromatic carbocycles. The van der Waals surface area contributed by atoms with E-state index in [1.807, 2.05) is 11.3 Å². The van der Waals surface area contributed by atoms with Crippen LogP contribution in [0.2, 0.25) is 0 Å². The molecule has 0 unspecified atom stereocenters. The summed E-state index contributed by atoms with van der Waals surface area (Å²) >= 11 is 1.97. The third kappa shape index (κ3) is 1.15. The summed E-state index contributed by atoms with van der Waals surface area (Å²) < 4.78 is 5.07. The summed E-state index contributed by atoms with van der Waals surface area (Å²) in [5, 5.41) is 5.75. The fourth-order valence-corrected chi connectivity index (χ4v) is 5.59. The molecular formula is C19H14N2S. The van der Waals surface area contributed by atoms with Gasteiger partial charge >= 0.3 is 0 Å². The molecule has 3 aromatic heterocycles. The first-order chi connectivity index (χ1) is 10.9. The largest absolute Gasteiger partial charge is 0.332 e. The van der Waals surface area contributed by atoms with Gasteiger partial charge in [-0.3, -0.25) is 0 Å². The lowest BCUT2D eigenvalue weighted by molar-refractivity contribution is 0.604. The van der Waals surface area contributed by atoms with Crippen molar-refractivity contribution in [1.82, 2.24) is 9.13 Å². The number of aromatic nitrogens is 2. The van der Waals surface area contributed by atoms with Crippen molar-refractivity contribution in [2.75, 3.05) is 0 Å². The summed E-state index contributed by atoms with van der Waals surface area (Å²) in [5.74, 6) is 0. The molecule has 0 amide bonds. The maximum atomic E-state index is 2.54. The Labute approximate surface area is 131 Å². The molecule has 106 valence electrons. The molecule has 3 heteroatoms. The van der Waals surface area contributed by atoms with E-state index in [1.165, 1.54) is 48.7 Å². The molecule has 0 atom stereocenters. The molecular weight excluding hydrogens is 288 g/mol. The topological polar surface area (TPSA) is 9.86 Å². The van der Waals surface area contributed by atoms with Gasteiger partial charge in [-0.15, -0.1) is 0 Å². The number of fused-ring (bicyclic) bond motifs is 7. The van der Waals surface area contributed by atoms with Gasteiger partial charge in [0.1, 0.15) is 9.66 Å². The van der Waals surface area contributed by atoms with Crippen LogP contribution in [0, 0.1) is 0 Å². The molecule has 0 saturated heterocycles. The first-order valence-corrected chi connectivity index (χ1v) is 8.66. The van der Waals surface area contributed by atoms with Gasteiger partial charge in [-0.1, -0.05) is 47.7 Å². The lowest BCUT2D eigenvalue weighted by Gasteiger charge is -2.11. The fourth-order valence-electron chi connectivity index (χ4n) is 4.18. The van der Waals surface area contributed by atoms with Crippen LogP contribution in [0.1, 0.15) is 6.42 Å². The molecule has 0 aliphatic carbocycles. The number of nitrogens with zero attached hydrogens (tertiary/aromatic N) is 2. The summed E-state index contributed by atoms with van der Waals surface area (Å²) in [5.41, 5.74) is 2.79. The van der Waals surface area contributed by atoms with E-state index in [0.29, 0.717) is 0 Å². The van der Waals surface area contributed by atoms with E-state index in [4.69, 9.17) is 0 Å². The zero-order valence-electron chi connectivity index (χ0n) is 12.0. The first-order valence-electron chi connectivity index (χ1n) is 7.84. The van der Waals surface area contributed by atoms with E-state index in [9.17, 15) is 0 Å². The Kier molecular flexibility index (Phi) is 1.92. The van der Waals surface area contributed by atoms with Crippen LogP contribution in [0.3, 0.4) is 0 Å². The molecule has 2 nitrogen and oxygen atoms in total. The SMILES string of the molecule is c1ccc2c(c1)c1c3c4ccccc4n4c3sc1n2CCC4. The van der Waals surface area contributed by atoms with Gasteiger partial charge in [0, 0.05) is 45.7 Å². The predicted octanol–water partition coefficient (Wildman–Crippen LogP) is 5.37. The second kappa shape index (κ2) is 3.73. The Morgan fingerprint density at radius 3 is 1.73 bits per heavy atom. The molecule has 22 heavy (non-hydrogen) atoms. The summed E-state index contributed by atoms with van der Waals surface area (Å²) in [7, 11) is 0. The van der Waals surface area contributed by atoms with Crippen LogP contribution >= 0.6 is 11.3 Å². The summed E-state index contributed by atoms with van der Waals surface area (Å²) in [4.78, 5) is 2.90. The minimum atomic E-state index is 1.11. The second-order valence-corrected chi connectivity index (χ2v) is 7.13. The molecule has 0 saturated carbocycles. The summed E-state index contributed by atoms with van der Waals surface area (Å²) in [6.07, 6.45) is 1.19. The number of rotatable bonds is 0. The van der Waals surface area contributed by atoms with Gasteiger partial charge in [0.15, 0.2) is 0 Å². The highest BCUT2D eigenvalue weighted by molar-refractivity contribution is 7.25. The van der Waals surface area contributed by atoms with E-state index in [2.05, 4.69) is 57.7 Å². The van der Waals surface area contributed by atoms with E-state index < -0.39 is 0 Å². The second-order valence-electron chi connectivity index (χ2n) is 6.15. The molecule has 5 aromatic rings. The average Bonchev–Trinajstić information content (AvgIpc) is 3.15. The number of hydrogen-bond donors (Lipinski definition) is 0. The summed E-state index contributed by atoms with van der Waals surface area (Å²) in [6.45, 7) is 2.23. The van der Waals surface area contributed by atoms with Gasteiger partial charge in [-0.05, 0) is 18.6 Å². The van der Waals surface area contributed by atoms with E-state index in [0.717, 1.165) is 13.1 Å². The minimum absolute atomic E-state index is 1.11. The predicted molar refractivity (Wildman–Crippen MR) is 94.9 cm³/mol. The summed E-state index contributed by atoms with van der Waals surface area (Å²) in [6, 6.07) is 17.8. The third-order valence-corrected chi connectivity index (χ3v) is 6.29. The zero-order valence-corrected chi connectivity index (χ0v) is 12.9. The lowest BCUT2D eigenvalue weighted by Crippen LogP contribution is -2.04. The number of hydrogen-bond acceptors (Lipinski definition) is 1. The molecule has 6 rings (SSSR count). The van der Waals surface area contributed by atoms with Gasteiger partial charge in [0.05, 0.1) is 0 Å². The van der Waals surface area contributed by atoms with Crippen LogP contribution in [0.4, 0.5) is 0 Å². The van der Waals surface area contributed by atoms with Crippen molar-refractivity contribution in [1.29, 1.82) is 0 Å². The average molecular weight is 302 g/mol. The first kappa shape index (κ1) is 11.3. The normalized spacial score (nSPS) is 14.7. The van der Waals surface area contributed by atoms with Crippen LogP contribution in [-0.4, -0.2) is 9.13 Å². The van der Waals surface area contributed by atoms with Crippen molar-refractivity contribution >= 4 is 53.6 Å². The van der Waals surface area contributed by atoms with Crippen molar-refractivity contribution < 1.29 is 0 Å². The molecule has 0 spiro atoms. The van der Waals surface area contributed by atoms with Crippen LogP contribution in [0.15, 0.2) is 48.5 Å². The Hall–Kier alpha value is -2.26. The maximum Gasteiger partial charge on any atom is 0.106 e. The standard InChI is InChI=1S/C19H14N2S/c1-3-8-14-12(6-1)16-17-13-7-2-4-9-15(13)21-11-5-10-20(14)18(16)22-19(17)21/h1-4,6-9H,5,10-11H2. The van der Waals surface area contributed by atoms with E-state index in [1.54, 1.807) is 0 Å². The quantitative estimate of drug-likeness (QED) is 0.364. The van der Waals surface area contributed by atoms with E-state index >= 15 is 0 Å². The Balaban J connectivity index is 2.04. The Morgan fingerprint density at radius 1 is 0.682 bits per heavy atom. The van der Waals surface area contributed by atoms with Gasteiger partial charge in [0.25, 0.3) is 0 Å². The van der Waals surface area contributed by atoms with Crippen LogP contribution in [0.25, 0.3) is 42.2 Å². The number of aryl methyl sites for hydroxylation is 2. The van der Waals surface area contributed by atoms with Crippen molar-refractivity contribution in [3.63, 3.8) is 0 Å². The molecule has 0 N–H and O–H groups in total. The maximum absolute atomic E-state index is 2.54. The highest BCUT2D eigenvalue weighted by Crippen LogP contribution is 2.46. The fraction of sp³-hybridized carbons (Fsp3) is 0.158. The minimum Gasteiger partial charge on any atom is -0.332 e. The molecule has 0 radical (unpaired) electrons. The monoisotopic (exact) mass is 302 g/mol. The van der Waals surface area contributed by atoms with Gasteiger partial charge in [0.2, 0.25) is 0 Å². The van der Waals surface area contributed by atoms with Gasteiger partial charge < -0.3 is 9.13 Å². The number of benzene rings is 2. The van der Waals surface area contributed by atoms with Crippen LogP contribution < -0.4 is 0 Å². The highest BCUT2D eigenvalue weighted by Gasteiger charge is 2.23. The zero-order chi connectivity index (χ0) is 14.3. The van der Waals surface area contributed by atoms with Gasteiger partial charge in [-0.2, -0.15) is 0 Å². The van der Waals surface area contributed by atoms with Crippen LogP contribution in [0.5, 0.6) is 0 Å². The molecule has 2 bridgehead atoms. The number of thiophene rings is 1. The van der Waals surface area contributed by atoms with E-state index in [-0.39, 0.29) is 0 Å². The van der Waals surface area contributed by atoms with Crippen LogP contribution in [-0.2, 0) is 13.1 Å². The Bertz CT molecular complexity index is 1110. The smallest absolute Gasteiger partial charge is 0.106 e. The van der Waals surface area contributed by atoms with Crippen molar-refractivity contribution in [3.05, 3.63) is 48.5 Å². The highest BCUT2D eigenvalue weighted by atomic mass is 32.1. The third-order valence-electron chi connectivity index (χ3n) is 5.05. The Morgan fingerprint density at radius 2 is 1.18 bits per heavy atom. The lowest BCUT2D eigenvalue weighted by atomic mass is 10.1. The van der Waals surface area contributed by atoms with Crippen molar-refractivity contribution in [2.45, 2.75) is 19.5 Å².